The largest absolute Gasteiger partial charge is 0.493 e. The van der Waals surface area contributed by atoms with Crippen molar-refractivity contribution in [3.05, 3.63) is 107 Å². The summed E-state index contributed by atoms with van der Waals surface area (Å²) >= 11 is 0. The Morgan fingerprint density at radius 2 is 1.77 bits per heavy atom. The fourth-order valence-electron chi connectivity index (χ4n) is 5.22. The van der Waals surface area contributed by atoms with Crippen LogP contribution in [-0.2, 0) is 12.8 Å². The Morgan fingerprint density at radius 3 is 2.44 bits per heavy atom. The Balaban J connectivity index is 1.38. The molecule has 5 heteroatoms. The smallest absolute Gasteiger partial charge is 0.166 e. The molecule has 2 nitrogen and oxygen atoms in total. The highest BCUT2D eigenvalue weighted by molar-refractivity contribution is 5.67. The van der Waals surface area contributed by atoms with Gasteiger partial charge in [-0.3, -0.25) is 0 Å². The Bertz CT molecular complexity index is 1300. The zero-order valence-corrected chi connectivity index (χ0v) is 22.6. The van der Waals surface area contributed by atoms with E-state index in [9.17, 15) is 13.9 Å². The van der Waals surface area contributed by atoms with E-state index in [1.54, 1.807) is 30.3 Å². The fourth-order valence-corrected chi connectivity index (χ4v) is 5.22. The van der Waals surface area contributed by atoms with Gasteiger partial charge in [0.1, 0.15) is 11.6 Å². The molecule has 2 unspecified atom stereocenters. The molecule has 0 saturated carbocycles. The lowest BCUT2D eigenvalue weighted by atomic mass is 9.82. The molecule has 0 aromatic heterocycles. The monoisotopic (exact) mass is 534 g/mol. The molecule has 0 aliphatic heterocycles. The summed E-state index contributed by atoms with van der Waals surface area (Å²) in [6, 6.07) is 15.6. The summed E-state index contributed by atoms with van der Waals surface area (Å²) in [5.74, 6) is -1.30. The van der Waals surface area contributed by atoms with Gasteiger partial charge in [-0.15, -0.1) is 6.58 Å². The summed E-state index contributed by atoms with van der Waals surface area (Å²) in [5, 5.41) is 10.3. The van der Waals surface area contributed by atoms with Crippen LogP contribution in [0.2, 0.25) is 0 Å². The average molecular weight is 535 g/mol. The van der Waals surface area contributed by atoms with Gasteiger partial charge in [-0.25, -0.2) is 13.2 Å². The summed E-state index contributed by atoms with van der Waals surface area (Å²) in [5.41, 5.74) is 3.65. The Hall–Kier alpha value is -3.31. The van der Waals surface area contributed by atoms with Gasteiger partial charge in [-0.05, 0) is 85.3 Å². The highest BCUT2D eigenvalue weighted by Crippen LogP contribution is 2.35. The van der Waals surface area contributed by atoms with Crippen molar-refractivity contribution >= 4 is 5.57 Å². The van der Waals surface area contributed by atoms with Crippen molar-refractivity contribution in [2.45, 2.75) is 64.4 Å². The zero-order valence-electron chi connectivity index (χ0n) is 22.6. The third-order valence-corrected chi connectivity index (χ3v) is 7.57. The first kappa shape index (κ1) is 28.7. The molecule has 1 aliphatic carbocycles. The van der Waals surface area contributed by atoms with Crippen LogP contribution in [0.15, 0.2) is 73.3 Å². The number of rotatable bonds is 12. The second-order valence-electron chi connectivity index (χ2n) is 10.3. The van der Waals surface area contributed by atoms with Crippen molar-refractivity contribution in [3.63, 3.8) is 0 Å². The van der Waals surface area contributed by atoms with Crippen LogP contribution in [0.1, 0.15) is 62.1 Å². The first-order valence-corrected chi connectivity index (χ1v) is 13.9. The minimum atomic E-state index is -0.797. The fraction of sp³-hybridized carbons (Fsp3) is 0.353. The van der Waals surface area contributed by atoms with Crippen molar-refractivity contribution in [1.82, 2.24) is 0 Å². The molecule has 0 spiro atoms. The lowest BCUT2D eigenvalue weighted by Gasteiger charge is -2.26. The molecule has 3 aromatic carbocycles. The third kappa shape index (κ3) is 7.21. The van der Waals surface area contributed by atoms with E-state index in [1.807, 2.05) is 37.3 Å². The summed E-state index contributed by atoms with van der Waals surface area (Å²) in [6.45, 7) is 6.14. The van der Waals surface area contributed by atoms with Gasteiger partial charge in [0.05, 0.1) is 12.7 Å². The van der Waals surface area contributed by atoms with Gasteiger partial charge in [0, 0.05) is 17.2 Å². The van der Waals surface area contributed by atoms with Crippen LogP contribution < -0.4 is 4.74 Å². The summed E-state index contributed by atoms with van der Waals surface area (Å²) in [7, 11) is 0. The number of aryl methyl sites for hydroxylation is 2. The highest BCUT2D eigenvalue weighted by atomic mass is 19.2. The second kappa shape index (κ2) is 13.7. The molecule has 0 saturated heterocycles. The summed E-state index contributed by atoms with van der Waals surface area (Å²) in [4.78, 5) is 0. The number of allylic oxidation sites excluding steroid dienone is 2. The standard InChI is InChI=1S/C34H37F3O2/c1-3-5-21-39-28-18-20-29(31(35)22-28)24-10-7-23(8-11-24)9-12-27-17-19-30(34(37)33(27)36)25-13-15-26(16-14-25)32(38)6-4-2/h3,7-8,10-11,13,17-20,22,26,32,38H,1,4-6,9,12,14-16,21H2,2H3. The molecule has 0 radical (unpaired) electrons. The molecule has 1 aliphatic rings. The average Bonchev–Trinajstić information content (AvgIpc) is 2.95. The lowest BCUT2D eigenvalue weighted by Crippen LogP contribution is -2.22. The maximum Gasteiger partial charge on any atom is 0.166 e. The normalized spacial score (nSPS) is 16.0. The van der Waals surface area contributed by atoms with Gasteiger partial charge in [0.15, 0.2) is 11.6 Å². The van der Waals surface area contributed by atoms with E-state index < -0.39 is 11.6 Å². The van der Waals surface area contributed by atoms with E-state index in [0.717, 1.165) is 36.0 Å². The summed E-state index contributed by atoms with van der Waals surface area (Å²) < 4.78 is 50.2. The van der Waals surface area contributed by atoms with Gasteiger partial charge in [-0.2, -0.15) is 0 Å². The van der Waals surface area contributed by atoms with Crippen molar-refractivity contribution in [2.75, 3.05) is 6.61 Å². The topological polar surface area (TPSA) is 29.5 Å². The zero-order chi connectivity index (χ0) is 27.8. The lowest BCUT2D eigenvalue weighted by molar-refractivity contribution is 0.0934. The van der Waals surface area contributed by atoms with Crippen LogP contribution in [0.4, 0.5) is 13.2 Å². The van der Waals surface area contributed by atoms with Gasteiger partial charge in [0.25, 0.3) is 0 Å². The molecule has 1 N–H and O–H groups in total. The Kier molecular flexibility index (Phi) is 10.0. The first-order chi connectivity index (χ1) is 18.9. The second-order valence-corrected chi connectivity index (χ2v) is 10.3. The minimum Gasteiger partial charge on any atom is -0.493 e. The Labute approximate surface area is 229 Å². The van der Waals surface area contributed by atoms with Crippen LogP contribution in [0.25, 0.3) is 16.7 Å². The van der Waals surface area contributed by atoms with Crippen LogP contribution >= 0.6 is 0 Å². The maximum absolute atomic E-state index is 15.0. The molecule has 0 fully saturated rings. The van der Waals surface area contributed by atoms with Gasteiger partial charge in [0.2, 0.25) is 0 Å². The molecular formula is C34H37F3O2. The molecular weight excluding hydrogens is 497 g/mol. The number of aliphatic hydroxyl groups is 1. The predicted octanol–water partition coefficient (Wildman–Crippen LogP) is 8.86. The molecule has 0 bridgehead atoms. The SMILES string of the molecule is C=CCCOc1ccc(-c2ccc(CCc3ccc(C4=CCC(C(O)CCC)CC4)c(F)c3F)cc2)c(F)c1. The number of halogens is 3. The summed E-state index contributed by atoms with van der Waals surface area (Å²) in [6.07, 6.45) is 8.76. The highest BCUT2D eigenvalue weighted by Gasteiger charge is 2.24. The molecule has 2 atom stereocenters. The number of hydrogen-bond acceptors (Lipinski definition) is 2. The van der Waals surface area contributed by atoms with Crippen LogP contribution in [0.5, 0.6) is 5.75 Å². The molecule has 4 rings (SSSR count). The van der Waals surface area contributed by atoms with Gasteiger partial charge >= 0.3 is 0 Å². The van der Waals surface area contributed by atoms with E-state index >= 15 is 4.39 Å². The molecule has 39 heavy (non-hydrogen) atoms. The van der Waals surface area contributed by atoms with Crippen molar-refractivity contribution in [2.24, 2.45) is 5.92 Å². The predicted molar refractivity (Wildman–Crippen MR) is 152 cm³/mol. The van der Waals surface area contributed by atoms with Gasteiger partial charge in [-0.1, -0.05) is 61.9 Å². The van der Waals surface area contributed by atoms with E-state index in [1.165, 1.54) is 6.07 Å². The van der Waals surface area contributed by atoms with E-state index in [-0.39, 0.29) is 17.8 Å². The van der Waals surface area contributed by atoms with Crippen molar-refractivity contribution in [1.29, 1.82) is 0 Å². The van der Waals surface area contributed by atoms with Crippen LogP contribution in [0.3, 0.4) is 0 Å². The van der Waals surface area contributed by atoms with Gasteiger partial charge < -0.3 is 9.84 Å². The first-order valence-electron chi connectivity index (χ1n) is 13.9. The number of hydrogen-bond donors (Lipinski definition) is 1. The number of ether oxygens (including phenoxy) is 1. The van der Waals surface area contributed by atoms with Crippen molar-refractivity contribution < 1.29 is 23.0 Å². The van der Waals surface area contributed by atoms with Crippen LogP contribution in [0, 0.1) is 23.4 Å². The van der Waals surface area contributed by atoms with Crippen molar-refractivity contribution in [3.8, 4) is 16.9 Å². The molecule has 206 valence electrons. The molecule has 0 heterocycles. The Morgan fingerprint density at radius 1 is 1.00 bits per heavy atom. The minimum absolute atomic E-state index is 0.185. The molecule has 3 aromatic rings. The van der Waals surface area contributed by atoms with E-state index in [4.69, 9.17) is 4.74 Å². The van der Waals surface area contributed by atoms with E-state index in [2.05, 4.69) is 6.58 Å². The third-order valence-electron chi connectivity index (χ3n) is 7.57. The number of aliphatic hydroxyl groups excluding tert-OH is 1. The van der Waals surface area contributed by atoms with E-state index in [0.29, 0.717) is 61.2 Å². The quantitative estimate of drug-likeness (QED) is 0.186. The van der Waals surface area contributed by atoms with Crippen LogP contribution in [-0.4, -0.2) is 17.8 Å². The number of benzene rings is 3. The maximum atomic E-state index is 15.0. The molecule has 0 amide bonds.